The highest BCUT2D eigenvalue weighted by Crippen LogP contribution is 2.20. The van der Waals surface area contributed by atoms with Crippen LogP contribution in [0.5, 0.6) is 0 Å². The maximum Gasteiger partial charge on any atom is 0.296 e. The van der Waals surface area contributed by atoms with Gasteiger partial charge in [0.2, 0.25) is 0 Å². The van der Waals surface area contributed by atoms with E-state index in [1.54, 1.807) is 4.57 Å². The highest BCUT2D eigenvalue weighted by atomic mass is 35.7. The predicted molar refractivity (Wildman–Crippen MR) is 75.2 cm³/mol. The Kier molecular flexibility index (Phi) is 5.04. The quantitative estimate of drug-likeness (QED) is 0.775. The lowest BCUT2D eigenvalue weighted by molar-refractivity contribution is 0.0149. The monoisotopic (exact) mass is 321 g/mol. The van der Waals surface area contributed by atoms with Gasteiger partial charge in [-0.25, -0.2) is 8.42 Å². The molecule has 1 unspecified atom stereocenters. The number of rotatable bonds is 5. The van der Waals surface area contributed by atoms with Crippen LogP contribution in [0.1, 0.15) is 38.9 Å². The Bertz CT molecular complexity index is 550. The van der Waals surface area contributed by atoms with E-state index in [1.165, 1.54) is 0 Å². The summed E-state index contributed by atoms with van der Waals surface area (Å²) in [6.45, 7) is 5.29. The zero-order valence-corrected chi connectivity index (χ0v) is 13.3. The van der Waals surface area contributed by atoms with E-state index >= 15 is 0 Å². The normalized spacial score (nSPS) is 20.5. The maximum absolute atomic E-state index is 11.6. The summed E-state index contributed by atoms with van der Waals surface area (Å²) < 4.78 is 30.4. The topological polar surface area (TPSA) is 74.1 Å². The van der Waals surface area contributed by atoms with E-state index < -0.39 is 9.05 Å². The molecule has 0 saturated carbocycles. The minimum atomic E-state index is -3.88. The molecule has 0 amide bonds. The smallest absolute Gasteiger partial charge is 0.296 e. The SMILES string of the molecule is CC(C)Cn1c(CC2CCCCO2)nnc1S(=O)(=O)Cl. The Morgan fingerprint density at radius 1 is 1.40 bits per heavy atom. The van der Waals surface area contributed by atoms with Gasteiger partial charge in [0.05, 0.1) is 6.10 Å². The number of halogens is 1. The molecule has 0 bridgehead atoms. The molecule has 2 rings (SSSR count). The Hall–Kier alpha value is -0.660. The van der Waals surface area contributed by atoms with Crippen molar-refractivity contribution in [3.8, 4) is 0 Å². The van der Waals surface area contributed by atoms with E-state index in [1.807, 2.05) is 13.8 Å². The summed E-state index contributed by atoms with van der Waals surface area (Å²) in [4.78, 5) is 0. The van der Waals surface area contributed by atoms with Crippen molar-refractivity contribution in [2.75, 3.05) is 6.61 Å². The molecule has 20 heavy (non-hydrogen) atoms. The molecule has 1 aromatic heterocycles. The molecule has 1 aromatic rings. The molecule has 2 heterocycles. The van der Waals surface area contributed by atoms with Gasteiger partial charge in [-0.05, 0) is 25.2 Å². The average molecular weight is 322 g/mol. The predicted octanol–water partition coefficient (Wildman–Crippen LogP) is 1.97. The van der Waals surface area contributed by atoms with Gasteiger partial charge >= 0.3 is 0 Å². The summed E-state index contributed by atoms with van der Waals surface area (Å²) in [5.41, 5.74) is 0. The van der Waals surface area contributed by atoms with Gasteiger partial charge in [0.15, 0.2) is 0 Å². The standard InChI is InChI=1S/C12H20ClN3O3S/c1-9(2)8-16-11(7-10-5-3-4-6-19-10)14-15-12(16)20(13,17)18/h9-10H,3-8H2,1-2H3. The first-order valence-corrected chi connectivity index (χ1v) is 9.17. The van der Waals surface area contributed by atoms with Gasteiger partial charge in [-0.2, -0.15) is 0 Å². The van der Waals surface area contributed by atoms with Crippen LogP contribution in [0.2, 0.25) is 0 Å². The average Bonchev–Trinajstić information content (AvgIpc) is 2.72. The van der Waals surface area contributed by atoms with Crippen LogP contribution < -0.4 is 0 Å². The van der Waals surface area contributed by atoms with Gasteiger partial charge in [-0.15, -0.1) is 10.2 Å². The van der Waals surface area contributed by atoms with Crippen molar-refractivity contribution in [2.45, 2.75) is 57.3 Å². The van der Waals surface area contributed by atoms with E-state index in [4.69, 9.17) is 15.4 Å². The first-order valence-electron chi connectivity index (χ1n) is 6.86. The number of aromatic nitrogens is 3. The van der Waals surface area contributed by atoms with E-state index in [2.05, 4.69) is 10.2 Å². The van der Waals surface area contributed by atoms with Crippen molar-refractivity contribution in [3.63, 3.8) is 0 Å². The number of ether oxygens (including phenoxy) is 1. The largest absolute Gasteiger partial charge is 0.378 e. The zero-order valence-electron chi connectivity index (χ0n) is 11.7. The van der Waals surface area contributed by atoms with Crippen molar-refractivity contribution in [2.24, 2.45) is 5.92 Å². The van der Waals surface area contributed by atoms with Gasteiger partial charge < -0.3 is 9.30 Å². The lowest BCUT2D eigenvalue weighted by Gasteiger charge is -2.22. The Morgan fingerprint density at radius 2 is 2.15 bits per heavy atom. The lowest BCUT2D eigenvalue weighted by atomic mass is 10.1. The second-order valence-corrected chi connectivity index (χ2v) is 7.99. The second-order valence-electron chi connectivity index (χ2n) is 5.53. The number of hydrogen-bond donors (Lipinski definition) is 0. The summed E-state index contributed by atoms with van der Waals surface area (Å²) in [5.74, 6) is 0.902. The van der Waals surface area contributed by atoms with Crippen LogP contribution in [0.4, 0.5) is 0 Å². The Morgan fingerprint density at radius 3 is 2.70 bits per heavy atom. The molecule has 1 fully saturated rings. The van der Waals surface area contributed by atoms with Gasteiger partial charge in [-0.1, -0.05) is 13.8 Å². The number of nitrogens with zero attached hydrogens (tertiary/aromatic N) is 3. The molecule has 0 aliphatic carbocycles. The highest BCUT2D eigenvalue weighted by molar-refractivity contribution is 8.13. The molecule has 1 aliphatic rings. The van der Waals surface area contributed by atoms with Gasteiger partial charge in [0.1, 0.15) is 5.82 Å². The highest BCUT2D eigenvalue weighted by Gasteiger charge is 2.25. The van der Waals surface area contributed by atoms with Gasteiger partial charge in [-0.3, -0.25) is 0 Å². The van der Waals surface area contributed by atoms with Gasteiger partial charge in [0, 0.05) is 30.3 Å². The van der Waals surface area contributed by atoms with Crippen LogP contribution in [0.15, 0.2) is 5.16 Å². The van der Waals surface area contributed by atoms with Crippen LogP contribution in [-0.2, 0) is 26.8 Å². The molecule has 0 aromatic carbocycles. The van der Waals surface area contributed by atoms with Crippen molar-refractivity contribution in [1.82, 2.24) is 14.8 Å². The Labute approximate surface area is 123 Å². The zero-order chi connectivity index (χ0) is 14.8. The van der Waals surface area contributed by atoms with Crippen LogP contribution in [0.3, 0.4) is 0 Å². The fourth-order valence-electron chi connectivity index (χ4n) is 2.37. The fourth-order valence-corrected chi connectivity index (χ4v) is 3.29. The fraction of sp³-hybridized carbons (Fsp3) is 0.833. The lowest BCUT2D eigenvalue weighted by Crippen LogP contribution is -2.24. The van der Waals surface area contributed by atoms with E-state index in [-0.39, 0.29) is 17.2 Å². The summed E-state index contributed by atoms with van der Waals surface area (Å²) in [5, 5.41) is 7.57. The molecule has 114 valence electrons. The van der Waals surface area contributed by atoms with Gasteiger partial charge in [0.25, 0.3) is 14.2 Å². The molecule has 0 N–H and O–H groups in total. The molecule has 1 atom stereocenters. The molecule has 0 spiro atoms. The molecular formula is C12H20ClN3O3S. The van der Waals surface area contributed by atoms with Crippen molar-refractivity contribution >= 4 is 19.7 Å². The molecule has 6 nitrogen and oxygen atoms in total. The van der Waals surface area contributed by atoms with Crippen LogP contribution in [0.25, 0.3) is 0 Å². The third-order valence-corrected chi connectivity index (χ3v) is 4.40. The van der Waals surface area contributed by atoms with Crippen molar-refractivity contribution < 1.29 is 13.2 Å². The van der Waals surface area contributed by atoms with Crippen LogP contribution in [-0.4, -0.2) is 35.9 Å². The molecular weight excluding hydrogens is 302 g/mol. The third-order valence-electron chi connectivity index (χ3n) is 3.24. The first kappa shape index (κ1) is 15.7. The minimum Gasteiger partial charge on any atom is -0.378 e. The molecule has 1 aliphatic heterocycles. The van der Waals surface area contributed by atoms with Crippen LogP contribution in [0, 0.1) is 5.92 Å². The van der Waals surface area contributed by atoms with E-state index in [0.717, 1.165) is 25.9 Å². The Balaban J connectivity index is 2.25. The second kappa shape index (κ2) is 6.41. The van der Waals surface area contributed by atoms with E-state index in [9.17, 15) is 8.42 Å². The first-order chi connectivity index (χ1) is 9.38. The summed E-state index contributed by atoms with van der Waals surface area (Å²) in [7, 11) is 1.54. The summed E-state index contributed by atoms with van der Waals surface area (Å²) >= 11 is 0. The molecule has 8 heteroatoms. The molecule has 1 saturated heterocycles. The van der Waals surface area contributed by atoms with Crippen molar-refractivity contribution in [1.29, 1.82) is 0 Å². The van der Waals surface area contributed by atoms with E-state index in [0.29, 0.717) is 18.8 Å². The van der Waals surface area contributed by atoms with Crippen molar-refractivity contribution in [3.05, 3.63) is 5.82 Å². The van der Waals surface area contributed by atoms with Crippen LogP contribution >= 0.6 is 10.7 Å². The minimum absolute atomic E-state index is 0.0877. The summed E-state index contributed by atoms with van der Waals surface area (Å²) in [6, 6.07) is 0. The third kappa shape index (κ3) is 3.93. The number of hydrogen-bond acceptors (Lipinski definition) is 5. The summed E-state index contributed by atoms with van der Waals surface area (Å²) in [6.07, 6.45) is 3.84. The maximum atomic E-state index is 11.6. The molecule has 0 radical (unpaired) electrons.